The molecule has 0 radical (unpaired) electrons. The molecule has 0 saturated heterocycles. The predicted octanol–water partition coefficient (Wildman–Crippen LogP) is 5.31. The summed E-state index contributed by atoms with van der Waals surface area (Å²) < 4.78 is 0. The molecule has 3 aliphatic rings. The number of carboxylic acids is 1. The molecule has 2 aliphatic carbocycles. The van der Waals surface area contributed by atoms with Crippen molar-refractivity contribution in [1.82, 2.24) is 0 Å². The molecule has 0 aromatic heterocycles. The highest BCUT2D eigenvalue weighted by Crippen LogP contribution is 2.54. The van der Waals surface area contributed by atoms with Crippen molar-refractivity contribution in [3.63, 3.8) is 0 Å². The summed E-state index contributed by atoms with van der Waals surface area (Å²) in [4.78, 5) is 11.1. The fraction of sp³-hybridized carbons (Fsp3) is 0.409. The maximum Gasteiger partial charge on any atom is 0.335 e. The van der Waals surface area contributed by atoms with Crippen molar-refractivity contribution in [3.05, 3.63) is 64.7 Å². The summed E-state index contributed by atoms with van der Waals surface area (Å²) in [7, 11) is 0. The quantitative estimate of drug-likeness (QED) is 0.800. The van der Waals surface area contributed by atoms with E-state index in [1.54, 1.807) is 12.1 Å². The number of aromatic carboxylic acids is 1. The highest BCUT2D eigenvalue weighted by atomic mass is 16.4. The van der Waals surface area contributed by atoms with Crippen LogP contribution in [0.1, 0.15) is 77.0 Å². The second kappa shape index (κ2) is 5.62. The van der Waals surface area contributed by atoms with Gasteiger partial charge in [0.05, 0.1) is 11.6 Å². The van der Waals surface area contributed by atoms with Gasteiger partial charge in [-0.1, -0.05) is 30.7 Å². The van der Waals surface area contributed by atoms with Crippen molar-refractivity contribution >= 4 is 11.7 Å². The van der Waals surface area contributed by atoms with E-state index in [1.807, 2.05) is 12.1 Å². The van der Waals surface area contributed by atoms with Crippen LogP contribution < -0.4 is 5.32 Å². The first-order valence-electron chi connectivity index (χ1n) is 9.44. The van der Waals surface area contributed by atoms with Crippen LogP contribution in [0.3, 0.4) is 0 Å². The number of fused-ring (bicyclic) bond motifs is 3. The Hall–Kier alpha value is -2.29. The highest BCUT2D eigenvalue weighted by molar-refractivity contribution is 5.87. The minimum Gasteiger partial charge on any atom is -0.478 e. The summed E-state index contributed by atoms with van der Waals surface area (Å²) >= 11 is 0. The molecule has 2 aromatic carbocycles. The molecule has 3 atom stereocenters. The largest absolute Gasteiger partial charge is 0.478 e. The second-order valence-electron chi connectivity index (χ2n) is 7.87. The Balaban J connectivity index is 1.51. The number of anilines is 1. The maximum absolute atomic E-state index is 11.1. The van der Waals surface area contributed by atoms with Gasteiger partial charge in [-0.05, 0) is 78.3 Å². The molecular weight excluding hydrogens is 310 g/mol. The minimum atomic E-state index is -0.861. The normalized spacial score (nSPS) is 27.3. The Morgan fingerprint density at radius 3 is 2.44 bits per heavy atom. The lowest BCUT2D eigenvalue weighted by Gasteiger charge is -2.38. The van der Waals surface area contributed by atoms with E-state index in [0.717, 1.165) is 5.92 Å². The van der Waals surface area contributed by atoms with Gasteiger partial charge in [0.2, 0.25) is 0 Å². The number of benzene rings is 2. The summed E-state index contributed by atoms with van der Waals surface area (Å²) in [6, 6.07) is 14.8. The molecule has 1 aliphatic heterocycles. The lowest BCUT2D eigenvalue weighted by atomic mass is 9.76. The van der Waals surface area contributed by atoms with Crippen LogP contribution in [0.15, 0.2) is 42.5 Å². The lowest BCUT2D eigenvalue weighted by Crippen LogP contribution is -2.28. The number of carbonyl (C=O) groups is 1. The van der Waals surface area contributed by atoms with Gasteiger partial charge in [-0.15, -0.1) is 0 Å². The van der Waals surface area contributed by atoms with Crippen LogP contribution in [0, 0.1) is 5.92 Å². The van der Waals surface area contributed by atoms with Crippen LogP contribution in [-0.2, 0) is 0 Å². The molecule has 3 heteroatoms. The van der Waals surface area contributed by atoms with Crippen LogP contribution >= 0.6 is 0 Å². The average molecular weight is 333 g/mol. The van der Waals surface area contributed by atoms with Crippen molar-refractivity contribution in [2.24, 2.45) is 5.92 Å². The average Bonchev–Trinajstić information content (AvgIpc) is 3.37. The number of carboxylic acid groups (broad SMARTS) is 1. The van der Waals surface area contributed by atoms with E-state index in [9.17, 15) is 4.79 Å². The molecule has 1 heterocycles. The van der Waals surface area contributed by atoms with E-state index in [-0.39, 0.29) is 6.04 Å². The van der Waals surface area contributed by atoms with Crippen molar-refractivity contribution in [2.45, 2.75) is 50.0 Å². The second-order valence-corrected chi connectivity index (χ2v) is 7.87. The zero-order valence-corrected chi connectivity index (χ0v) is 14.2. The molecule has 2 aromatic rings. The Labute approximate surface area is 148 Å². The predicted molar refractivity (Wildman–Crippen MR) is 98.3 cm³/mol. The maximum atomic E-state index is 11.1. The van der Waals surface area contributed by atoms with Gasteiger partial charge in [0, 0.05) is 5.69 Å². The Bertz CT molecular complexity index is 822. The van der Waals surface area contributed by atoms with Gasteiger partial charge in [-0.2, -0.15) is 0 Å². The zero-order valence-electron chi connectivity index (χ0n) is 14.2. The first-order chi connectivity index (χ1) is 12.2. The van der Waals surface area contributed by atoms with Crippen LogP contribution in [0.25, 0.3) is 0 Å². The van der Waals surface area contributed by atoms with E-state index in [1.165, 1.54) is 54.5 Å². The van der Waals surface area contributed by atoms with Crippen LogP contribution in [-0.4, -0.2) is 11.1 Å². The topological polar surface area (TPSA) is 49.3 Å². The number of rotatable bonds is 3. The van der Waals surface area contributed by atoms with Crippen LogP contribution in [0.2, 0.25) is 0 Å². The van der Waals surface area contributed by atoms with E-state index in [2.05, 4.69) is 23.5 Å². The van der Waals surface area contributed by atoms with Crippen molar-refractivity contribution in [3.8, 4) is 0 Å². The molecule has 0 bridgehead atoms. The molecule has 0 unspecified atom stereocenters. The van der Waals surface area contributed by atoms with E-state index >= 15 is 0 Å². The van der Waals surface area contributed by atoms with Crippen LogP contribution in [0.5, 0.6) is 0 Å². The molecule has 0 amide bonds. The fourth-order valence-corrected chi connectivity index (χ4v) is 4.90. The van der Waals surface area contributed by atoms with Gasteiger partial charge < -0.3 is 10.4 Å². The van der Waals surface area contributed by atoms with Gasteiger partial charge >= 0.3 is 5.97 Å². The third-order valence-electron chi connectivity index (χ3n) is 6.35. The van der Waals surface area contributed by atoms with Gasteiger partial charge in [0.15, 0.2) is 0 Å². The number of hydrogen-bond donors (Lipinski definition) is 2. The lowest BCUT2D eigenvalue weighted by molar-refractivity contribution is 0.0697. The molecule has 2 N–H and O–H groups in total. The Morgan fingerprint density at radius 2 is 1.72 bits per heavy atom. The number of hydrogen-bond acceptors (Lipinski definition) is 2. The third kappa shape index (κ3) is 2.53. The minimum absolute atomic E-state index is 0.287. The standard InChI is InChI=1S/C22H23NO2/c24-22(25)15-8-6-14(7-9-15)21-18-3-1-2-17(18)19-12-16(13-4-5-13)10-11-20(19)23-21/h6-13,17-18,21,23H,1-5H2,(H,24,25)/t17-,18+,21-/m1/s1. The SMILES string of the molecule is O=C(O)c1ccc([C@H]2Nc3ccc(C4CC4)cc3[C@@H]3CCC[C@H]23)cc1. The summed E-state index contributed by atoms with van der Waals surface area (Å²) in [5.74, 6) is 1.18. The molecule has 5 rings (SSSR count). The summed E-state index contributed by atoms with van der Waals surface area (Å²) in [5, 5.41) is 12.9. The van der Waals surface area contributed by atoms with Gasteiger partial charge in [-0.3, -0.25) is 0 Å². The molecule has 128 valence electrons. The molecular formula is C22H23NO2. The molecule has 2 fully saturated rings. The third-order valence-corrected chi connectivity index (χ3v) is 6.35. The van der Waals surface area contributed by atoms with E-state index in [0.29, 0.717) is 17.4 Å². The summed E-state index contributed by atoms with van der Waals surface area (Å²) in [6.45, 7) is 0. The van der Waals surface area contributed by atoms with E-state index < -0.39 is 5.97 Å². The molecule has 3 nitrogen and oxygen atoms in total. The summed E-state index contributed by atoms with van der Waals surface area (Å²) in [5.41, 5.74) is 5.89. The first-order valence-corrected chi connectivity index (χ1v) is 9.44. The van der Waals surface area contributed by atoms with Crippen molar-refractivity contribution < 1.29 is 9.90 Å². The van der Waals surface area contributed by atoms with Gasteiger partial charge in [0.25, 0.3) is 0 Å². The van der Waals surface area contributed by atoms with Gasteiger partial charge in [0.1, 0.15) is 0 Å². The smallest absolute Gasteiger partial charge is 0.335 e. The highest BCUT2D eigenvalue weighted by Gasteiger charge is 2.40. The molecule has 0 spiro atoms. The zero-order chi connectivity index (χ0) is 17.0. The monoisotopic (exact) mass is 333 g/mol. The summed E-state index contributed by atoms with van der Waals surface area (Å²) in [6.07, 6.45) is 6.50. The Morgan fingerprint density at radius 1 is 0.960 bits per heavy atom. The molecule has 25 heavy (non-hydrogen) atoms. The van der Waals surface area contributed by atoms with Crippen LogP contribution in [0.4, 0.5) is 5.69 Å². The first kappa shape index (κ1) is 15.0. The Kier molecular flexibility index (Phi) is 3.37. The van der Waals surface area contributed by atoms with Crippen molar-refractivity contribution in [1.29, 1.82) is 0 Å². The molecule has 2 saturated carbocycles. The fourth-order valence-electron chi connectivity index (χ4n) is 4.90. The van der Waals surface area contributed by atoms with E-state index in [4.69, 9.17) is 5.11 Å². The van der Waals surface area contributed by atoms with Gasteiger partial charge in [-0.25, -0.2) is 4.79 Å². The van der Waals surface area contributed by atoms with Crippen molar-refractivity contribution in [2.75, 3.05) is 5.32 Å². The number of nitrogens with one attached hydrogen (secondary N) is 1.